The van der Waals surface area contributed by atoms with Crippen LogP contribution in [-0.2, 0) is 6.42 Å². The summed E-state index contributed by atoms with van der Waals surface area (Å²) in [5, 5.41) is 4.29. The molecule has 0 heterocycles. The van der Waals surface area contributed by atoms with Crippen molar-refractivity contribution in [2.75, 3.05) is 7.05 Å². The summed E-state index contributed by atoms with van der Waals surface area (Å²) in [6.07, 6.45) is 4.99. The Bertz CT molecular complexity index is 604. The average molecular weight is 300 g/mol. The molecule has 110 valence electrons. The highest BCUT2D eigenvalue weighted by Gasteiger charge is 2.20. The van der Waals surface area contributed by atoms with Gasteiger partial charge in [-0.3, -0.25) is 0 Å². The molecule has 0 aromatic heterocycles. The predicted octanol–water partition coefficient (Wildman–Crippen LogP) is 5.11. The van der Waals surface area contributed by atoms with Gasteiger partial charge in [-0.2, -0.15) is 0 Å². The van der Waals surface area contributed by atoms with Crippen LogP contribution in [0.5, 0.6) is 0 Å². The van der Waals surface area contributed by atoms with Gasteiger partial charge in [-0.15, -0.1) is 0 Å². The van der Waals surface area contributed by atoms with E-state index in [0.717, 1.165) is 17.4 Å². The largest absolute Gasteiger partial charge is 0.313 e. The third-order valence-corrected chi connectivity index (χ3v) is 4.99. The van der Waals surface area contributed by atoms with Crippen LogP contribution in [0.1, 0.15) is 47.9 Å². The van der Waals surface area contributed by atoms with Crippen LogP contribution in [0.4, 0.5) is 0 Å². The average Bonchev–Trinajstić information content (AvgIpc) is 2.45. The maximum absolute atomic E-state index is 6.30. The minimum atomic E-state index is 0.310. The fourth-order valence-corrected chi connectivity index (χ4v) is 3.25. The molecule has 2 aromatic carbocycles. The molecule has 1 atom stereocenters. The second kappa shape index (κ2) is 6.64. The summed E-state index contributed by atoms with van der Waals surface area (Å²) in [5.74, 6) is 0.780. The first-order chi connectivity index (χ1) is 10.3. The van der Waals surface area contributed by atoms with Gasteiger partial charge in [0.2, 0.25) is 0 Å². The van der Waals surface area contributed by atoms with Gasteiger partial charge in [0.25, 0.3) is 0 Å². The van der Waals surface area contributed by atoms with Gasteiger partial charge < -0.3 is 5.32 Å². The van der Waals surface area contributed by atoms with Gasteiger partial charge in [-0.25, -0.2) is 0 Å². The standard InChI is InChI=1S/C19H22ClN/c1-21-19(13-16-6-2-3-11-18(16)20)17-10-5-9-15(12-17)14-7-4-8-14/h2-3,5-6,9-12,14,19,21H,4,7-8,13H2,1H3. The molecule has 1 aliphatic carbocycles. The van der Waals surface area contributed by atoms with Crippen LogP contribution in [0, 0.1) is 0 Å². The summed E-state index contributed by atoms with van der Waals surface area (Å²) in [5.41, 5.74) is 4.06. The van der Waals surface area contributed by atoms with Crippen molar-refractivity contribution in [1.29, 1.82) is 0 Å². The van der Waals surface area contributed by atoms with Gasteiger partial charge in [0.05, 0.1) is 0 Å². The second-order valence-corrected chi connectivity index (χ2v) is 6.34. The summed E-state index contributed by atoms with van der Waals surface area (Å²) < 4.78 is 0. The molecule has 1 saturated carbocycles. The normalized spacial score (nSPS) is 16.5. The van der Waals surface area contributed by atoms with Crippen LogP contribution < -0.4 is 5.32 Å². The lowest BCUT2D eigenvalue weighted by Gasteiger charge is -2.27. The number of rotatable bonds is 5. The molecular weight excluding hydrogens is 278 g/mol. The highest BCUT2D eigenvalue weighted by atomic mass is 35.5. The third-order valence-electron chi connectivity index (χ3n) is 4.62. The van der Waals surface area contributed by atoms with Crippen molar-refractivity contribution in [1.82, 2.24) is 5.32 Å². The molecule has 2 aromatic rings. The van der Waals surface area contributed by atoms with Crippen molar-refractivity contribution < 1.29 is 0 Å². The Morgan fingerprint density at radius 1 is 1.14 bits per heavy atom. The summed E-state index contributed by atoms with van der Waals surface area (Å²) in [6, 6.07) is 17.5. The van der Waals surface area contributed by atoms with Crippen molar-refractivity contribution in [2.24, 2.45) is 0 Å². The Morgan fingerprint density at radius 2 is 1.95 bits per heavy atom. The maximum Gasteiger partial charge on any atom is 0.0438 e. The monoisotopic (exact) mass is 299 g/mol. The zero-order chi connectivity index (χ0) is 14.7. The van der Waals surface area contributed by atoms with Gasteiger partial charge in [-0.05, 0) is 55.0 Å². The molecule has 2 heteroatoms. The van der Waals surface area contributed by atoms with E-state index in [4.69, 9.17) is 11.6 Å². The highest BCUT2D eigenvalue weighted by Crippen LogP contribution is 2.37. The van der Waals surface area contributed by atoms with E-state index in [9.17, 15) is 0 Å². The van der Waals surface area contributed by atoms with E-state index >= 15 is 0 Å². The van der Waals surface area contributed by atoms with Crippen LogP contribution in [0.3, 0.4) is 0 Å². The van der Waals surface area contributed by atoms with E-state index < -0.39 is 0 Å². The minimum absolute atomic E-state index is 0.310. The van der Waals surface area contributed by atoms with Gasteiger partial charge >= 0.3 is 0 Å². The molecule has 1 N–H and O–H groups in total. The van der Waals surface area contributed by atoms with Crippen LogP contribution in [0.2, 0.25) is 5.02 Å². The van der Waals surface area contributed by atoms with E-state index in [1.807, 2.05) is 19.2 Å². The summed E-state index contributed by atoms with van der Waals surface area (Å²) in [7, 11) is 2.03. The van der Waals surface area contributed by atoms with Gasteiger partial charge in [0.1, 0.15) is 0 Å². The van der Waals surface area contributed by atoms with Crippen LogP contribution >= 0.6 is 11.6 Å². The molecule has 1 aliphatic rings. The molecule has 0 radical (unpaired) electrons. The lowest BCUT2D eigenvalue weighted by molar-refractivity contribution is 0.419. The summed E-state index contributed by atoms with van der Waals surface area (Å²) in [4.78, 5) is 0. The number of hydrogen-bond donors (Lipinski definition) is 1. The lowest BCUT2D eigenvalue weighted by Crippen LogP contribution is -2.19. The van der Waals surface area contributed by atoms with Gasteiger partial charge in [-0.1, -0.05) is 60.5 Å². The Kier molecular flexibility index (Phi) is 4.62. The number of benzene rings is 2. The van der Waals surface area contributed by atoms with E-state index in [1.165, 1.54) is 36.0 Å². The predicted molar refractivity (Wildman–Crippen MR) is 90.0 cm³/mol. The first-order valence-electron chi connectivity index (χ1n) is 7.78. The van der Waals surface area contributed by atoms with E-state index in [0.29, 0.717) is 6.04 Å². The molecule has 0 amide bonds. The zero-order valence-corrected chi connectivity index (χ0v) is 13.2. The quantitative estimate of drug-likeness (QED) is 0.809. The first kappa shape index (κ1) is 14.6. The first-order valence-corrected chi connectivity index (χ1v) is 8.16. The Balaban J connectivity index is 1.81. The summed E-state index contributed by atoms with van der Waals surface area (Å²) in [6.45, 7) is 0. The number of likely N-dealkylation sites (N-methyl/N-ethyl adjacent to an activating group) is 1. The topological polar surface area (TPSA) is 12.0 Å². The molecule has 1 fully saturated rings. The fraction of sp³-hybridized carbons (Fsp3) is 0.368. The van der Waals surface area contributed by atoms with Crippen LogP contribution in [0.15, 0.2) is 48.5 Å². The molecule has 1 nitrogen and oxygen atoms in total. The highest BCUT2D eigenvalue weighted by molar-refractivity contribution is 6.31. The SMILES string of the molecule is CNC(Cc1ccccc1Cl)c1cccc(C2CCC2)c1. The van der Waals surface area contributed by atoms with Crippen molar-refractivity contribution in [3.8, 4) is 0 Å². The number of hydrogen-bond acceptors (Lipinski definition) is 1. The molecule has 21 heavy (non-hydrogen) atoms. The van der Waals surface area contributed by atoms with Crippen molar-refractivity contribution in [3.63, 3.8) is 0 Å². The van der Waals surface area contributed by atoms with Crippen molar-refractivity contribution in [2.45, 2.75) is 37.6 Å². The minimum Gasteiger partial charge on any atom is -0.313 e. The maximum atomic E-state index is 6.30. The fourth-order valence-electron chi connectivity index (χ4n) is 3.04. The zero-order valence-electron chi connectivity index (χ0n) is 12.5. The Labute approximate surface area is 132 Å². The van der Waals surface area contributed by atoms with E-state index in [2.05, 4.69) is 41.7 Å². The van der Waals surface area contributed by atoms with Crippen molar-refractivity contribution in [3.05, 3.63) is 70.2 Å². The molecule has 3 rings (SSSR count). The summed E-state index contributed by atoms with van der Waals surface area (Å²) >= 11 is 6.30. The van der Waals surface area contributed by atoms with Gasteiger partial charge in [0.15, 0.2) is 0 Å². The molecule has 0 aliphatic heterocycles. The molecule has 0 bridgehead atoms. The second-order valence-electron chi connectivity index (χ2n) is 5.93. The smallest absolute Gasteiger partial charge is 0.0438 e. The number of nitrogens with one attached hydrogen (secondary N) is 1. The van der Waals surface area contributed by atoms with Crippen LogP contribution in [0.25, 0.3) is 0 Å². The van der Waals surface area contributed by atoms with Gasteiger partial charge in [0, 0.05) is 11.1 Å². The number of halogens is 1. The molecule has 1 unspecified atom stereocenters. The third kappa shape index (κ3) is 3.30. The Morgan fingerprint density at radius 3 is 2.62 bits per heavy atom. The van der Waals surface area contributed by atoms with E-state index in [1.54, 1.807) is 0 Å². The van der Waals surface area contributed by atoms with Crippen LogP contribution in [-0.4, -0.2) is 7.05 Å². The molecule has 0 spiro atoms. The lowest BCUT2D eigenvalue weighted by atomic mass is 9.79. The Hall–Kier alpha value is -1.31. The molecular formula is C19H22ClN. The molecule has 0 saturated heterocycles. The van der Waals surface area contributed by atoms with Crippen molar-refractivity contribution >= 4 is 11.6 Å². The van der Waals surface area contributed by atoms with E-state index in [-0.39, 0.29) is 0 Å².